The molecule has 0 aliphatic carbocycles. The van der Waals surface area contributed by atoms with Crippen LogP contribution in [-0.4, -0.2) is 18.3 Å². The van der Waals surface area contributed by atoms with E-state index in [1.54, 1.807) is 0 Å². The van der Waals surface area contributed by atoms with Crippen molar-refractivity contribution in [3.05, 3.63) is 29.6 Å². The van der Waals surface area contributed by atoms with Crippen molar-refractivity contribution in [2.75, 3.05) is 12.4 Å². The summed E-state index contributed by atoms with van der Waals surface area (Å²) >= 11 is 3.90. The lowest BCUT2D eigenvalue weighted by molar-refractivity contribution is -0.255. The molecule has 0 spiro atoms. The van der Waals surface area contributed by atoms with Gasteiger partial charge in [-0.1, -0.05) is 0 Å². The Balaban J connectivity index is 2.89. The zero-order chi connectivity index (χ0) is 10.6. The van der Waals surface area contributed by atoms with Crippen LogP contribution in [0.4, 0.5) is 4.39 Å². The number of thiol groups is 1. The number of carbonyl (C=O) groups excluding carboxylic acids is 1. The summed E-state index contributed by atoms with van der Waals surface area (Å²) in [7, 11) is 0. The summed E-state index contributed by atoms with van der Waals surface area (Å²) in [6.07, 6.45) is 0. The van der Waals surface area contributed by atoms with Crippen LogP contribution in [0.15, 0.2) is 18.2 Å². The molecule has 0 heterocycles. The van der Waals surface area contributed by atoms with Crippen molar-refractivity contribution in [3.63, 3.8) is 0 Å². The van der Waals surface area contributed by atoms with Crippen molar-refractivity contribution in [1.82, 2.24) is 0 Å². The molecule has 0 aliphatic rings. The highest BCUT2D eigenvalue weighted by atomic mass is 32.1. The molecule has 0 radical (unpaired) electrons. The second-order valence-corrected chi connectivity index (χ2v) is 2.98. The number of halogens is 1. The van der Waals surface area contributed by atoms with Gasteiger partial charge >= 0.3 is 0 Å². The number of ether oxygens (including phenoxy) is 1. The Bertz CT molecular complexity index is 341. The first kappa shape index (κ1) is 10.8. The van der Waals surface area contributed by atoms with E-state index in [1.165, 1.54) is 6.07 Å². The Hall–Kier alpha value is -1.23. The summed E-state index contributed by atoms with van der Waals surface area (Å²) in [6.45, 7) is 0.291. The summed E-state index contributed by atoms with van der Waals surface area (Å²) in [5.74, 6) is -1.46. The van der Waals surface area contributed by atoms with Crippen molar-refractivity contribution < 1.29 is 19.0 Å². The van der Waals surface area contributed by atoms with E-state index in [0.717, 1.165) is 12.1 Å². The number of aromatic carboxylic acids is 1. The smallest absolute Gasteiger partial charge is 0.127 e. The van der Waals surface area contributed by atoms with Crippen LogP contribution in [0.1, 0.15) is 10.4 Å². The maximum absolute atomic E-state index is 12.8. The summed E-state index contributed by atoms with van der Waals surface area (Å²) in [5.41, 5.74) is -0.237. The molecule has 0 aromatic heterocycles. The van der Waals surface area contributed by atoms with Gasteiger partial charge in [0.15, 0.2) is 0 Å². The van der Waals surface area contributed by atoms with Crippen molar-refractivity contribution in [2.45, 2.75) is 0 Å². The summed E-state index contributed by atoms with van der Waals surface area (Å²) in [6, 6.07) is 3.20. The monoisotopic (exact) mass is 215 g/mol. The maximum atomic E-state index is 12.8. The highest BCUT2D eigenvalue weighted by Crippen LogP contribution is 2.15. The minimum absolute atomic E-state index is 0.165. The Morgan fingerprint density at radius 3 is 2.79 bits per heavy atom. The van der Waals surface area contributed by atoms with Gasteiger partial charge in [-0.15, -0.1) is 0 Å². The molecule has 0 saturated heterocycles. The van der Waals surface area contributed by atoms with Gasteiger partial charge < -0.3 is 14.6 Å². The Morgan fingerprint density at radius 1 is 1.50 bits per heavy atom. The SMILES string of the molecule is O=C([O-])c1cc(F)cc(OCCS)c1. The molecule has 0 saturated carbocycles. The predicted octanol–water partition coefficient (Wildman–Crippen LogP) is 0.498. The number of benzene rings is 1. The number of rotatable bonds is 4. The molecule has 0 unspecified atom stereocenters. The van der Waals surface area contributed by atoms with Crippen molar-refractivity contribution in [1.29, 1.82) is 0 Å². The van der Waals surface area contributed by atoms with Gasteiger partial charge in [-0.05, 0) is 12.1 Å². The van der Waals surface area contributed by atoms with Crippen LogP contribution in [0.5, 0.6) is 5.75 Å². The third kappa shape index (κ3) is 2.92. The van der Waals surface area contributed by atoms with Crippen LogP contribution in [0.2, 0.25) is 0 Å². The molecular weight excluding hydrogens is 207 g/mol. The topological polar surface area (TPSA) is 49.4 Å². The number of hydrogen-bond donors (Lipinski definition) is 1. The maximum Gasteiger partial charge on any atom is 0.127 e. The molecule has 1 aromatic carbocycles. The van der Waals surface area contributed by atoms with Crippen LogP contribution < -0.4 is 9.84 Å². The standard InChI is InChI=1S/C9H9FO3S/c10-7-3-6(9(11)12)4-8(5-7)13-1-2-14/h3-5,14H,1-2H2,(H,11,12)/p-1. The van der Waals surface area contributed by atoms with Crippen molar-refractivity contribution in [3.8, 4) is 5.75 Å². The number of hydrogen-bond acceptors (Lipinski definition) is 4. The molecule has 76 valence electrons. The van der Waals surface area contributed by atoms with Gasteiger partial charge in [0.05, 0.1) is 12.6 Å². The minimum Gasteiger partial charge on any atom is -0.545 e. The van der Waals surface area contributed by atoms with E-state index in [0.29, 0.717) is 12.4 Å². The zero-order valence-corrected chi connectivity index (χ0v) is 8.09. The van der Waals surface area contributed by atoms with E-state index in [9.17, 15) is 14.3 Å². The molecule has 1 rings (SSSR count). The number of carboxylic acid groups (broad SMARTS) is 1. The van der Waals surface area contributed by atoms with Crippen LogP contribution >= 0.6 is 12.6 Å². The molecule has 0 bridgehead atoms. The number of carbonyl (C=O) groups is 1. The fraction of sp³-hybridized carbons (Fsp3) is 0.222. The Labute approximate surface area is 85.9 Å². The van der Waals surface area contributed by atoms with E-state index in [-0.39, 0.29) is 11.3 Å². The average molecular weight is 215 g/mol. The quantitative estimate of drug-likeness (QED) is 0.744. The molecule has 0 fully saturated rings. The van der Waals surface area contributed by atoms with Gasteiger partial charge in [0.1, 0.15) is 11.6 Å². The van der Waals surface area contributed by atoms with E-state index in [2.05, 4.69) is 12.6 Å². The molecule has 0 amide bonds. The minimum atomic E-state index is -1.43. The van der Waals surface area contributed by atoms with Crippen LogP contribution in [0.25, 0.3) is 0 Å². The lowest BCUT2D eigenvalue weighted by Gasteiger charge is -2.07. The molecule has 0 atom stereocenters. The first-order valence-electron chi connectivity index (χ1n) is 3.89. The molecule has 1 aromatic rings. The third-order valence-corrected chi connectivity index (χ3v) is 1.65. The van der Waals surface area contributed by atoms with E-state index in [4.69, 9.17) is 4.74 Å². The molecular formula is C9H8FO3S-. The highest BCUT2D eigenvalue weighted by Gasteiger charge is 2.02. The first-order valence-corrected chi connectivity index (χ1v) is 4.52. The Morgan fingerprint density at radius 2 is 2.21 bits per heavy atom. The predicted molar refractivity (Wildman–Crippen MR) is 50.1 cm³/mol. The van der Waals surface area contributed by atoms with Gasteiger partial charge in [-0.3, -0.25) is 0 Å². The molecule has 0 N–H and O–H groups in total. The second kappa shape index (κ2) is 4.85. The zero-order valence-electron chi connectivity index (χ0n) is 7.20. The number of carboxylic acids is 1. The van der Waals surface area contributed by atoms with Gasteiger partial charge in [-0.2, -0.15) is 12.6 Å². The van der Waals surface area contributed by atoms with Gasteiger partial charge in [0.2, 0.25) is 0 Å². The van der Waals surface area contributed by atoms with Gasteiger partial charge in [0, 0.05) is 17.4 Å². The third-order valence-electron chi connectivity index (χ3n) is 1.47. The van der Waals surface area contributed by atoms with Gasteiger partial charge in [-0.25, -0.2) is 4.39 Å². The first-order chi connectivity index (χ1) is 6.63. The van der Waals surface area contributed by atoms with E-state index >= 15 is 0 Å². The Kier molecular flexibility index (Phi) is 3.76. The highest BCUT2D eigenvalue weighted by molar-refractivity contribution is 7.80. The summed E-state index contributed by atoms with van der Waals surface area (Å²) in [5, 5.41) is 10.4. The molecule has 0 aliphatic heterocycles. The largest absolute Gasteiger partial charge is 0.545 e. The lowest BCUT2D eigenvalue weighted by atomic mass is 10.2. The molecule has 14 heavy (non-hydrogen) atoms. The fourth-order valence-electron chi connectivity index (χ4n) is 0.927. The van der Waals surface area contributed by atoms with Crippen molar-refractivity contribution >= 4 is 18.6 Å². The van der Waals surface area contributed by atoms with E-state index in [1.807, 2.05) is 0 Å². The fourth-order valence-corrected chi connectivity index (χ4v) is 1.02. The van der Waals surface area contributed by atoms with Crippen LogP contribution in [0, 0.1) is 5.82 Å². The van der Waals surface area contributed by atoms with Crippen molar-refractivity contribution in [2.24, 2.45) is 0 Å². The van der Waals surface area contributed by atoms with Crippen LogP contribution in [-0.2, 0) is 0 Å². The molecule has 3 nitrogen and oxygen atoms in total. The summed E-state index contributed by atoms with van der Waals surface area (Å²) < 4.78 is 17.8. The summed E-state index contributed by atoms with van der Waals surface area (Å²) in [4.78, 5) is 10.4. The van der Waals surface area contributed by atoms with Gasteiger partial charge in [0.25, 0.3) is 0 Å². The molecule has 5 heteroatoms. The lowest BCUT2D eigenvalue weighted by Crippen LogP contribution is -2.22. The van der Waals surface area contributed by atoms with Crippen LogP contribution in [0.3, 0.4) is 0 Å². The van der Waals surface area contributed by atoms with E-state index < -0.39 is 11.8 Å². The second-order valence-electron chi connectivity index (χ2n) is 2.54. The average Bonchev–Trinajstić information content (AvgIpc) is 2.14. The normalized spacial score (nSPS) is 9.86.